The maximum atomic E-state index is 12.7. The molecule has 1 N–H and O–H groups in total. The van der Waals surface area contributed by atoms with Crippen molar-refractivity contribution < 1.29 is 14.3 Å². The van der Waals surface area contributed by atoms with E-state index in [-0.39, 0.29) is 5.91 Å². The second kappa shape index (κ2) is 7.11. The zero-order valence-electron chi connectivity index (χ0n) is 12.5. The zero-order valence-corrected chi connectivity index (χ0v) is 12.5. The molecular formula is C16H22N2O3. The predicted octanol–water partition coefficient (Wildman–Crippen LogP) is 2.48. The van der Waals surface area contributed by atoms with E-state index in [1.165, 1.54) is 0 Å². The van der Waals surface area contributed by atoms with Gasteiger partial charge in [-0.25, -0.2) is 4.79 Å². The van der Waals surface area contributed by atoms with Gasteiger partial charge in [0.2, 0.25) is 5.91 Å². The Kier molecular flexibility index (Phi) is 5.20. The molecule has 1 aliphatic heterocycles. The maximum Gasteiger partial charge on any atom is 0.408 e. The van der Waals surface area contributed by atoms with Crippen LogP contribution in [-0.4, -0.2) is 36.0 Å². The van der Waals surface area contributed by atoms with Gasteiger partial charge in [-0.05, 0) is 18.4 Å². The molecule has 1 aromatic rings. The minimum absolute atomic E-state index is 0.0709. The number of hydrogen-bond acceptors (Lipinski definition) is 3. The molecule has 0 aliphatic carbocycles. The van der Waals surface area contributed by atoms with Gasteiger partial charge in [-0.2, -0.15) is 0 Å². The highest BCUT2D eigenvalue weighted by molar-refractivity contribution is 5.89. The Hall–Kier alpha value is -2.04. The number of nitrogens with one attached hydrogen (secondary N) is 1. The highest BCUT2D eigenvalue weighted by Gasteiger charge is 2.41. The van der Waals surface area contributed by atoms with Crippen molar-refractivity contribution in [3.05, 3.63) is 35.9 Å². The third-order valence-corrected chi connectivity index (χ3v) is 3.50. The molecule has 1 aromatic carbocycles. The SMILES string of the molecule is CCCN(CCC)C(=O)C1NC(=O)OC1c1ccccc1. The van der Waals surface area contributed by atoms with Gasteiger partial charge in [0.1, 0.15) is 0 Å². The van der Waals surface area contributed by atoms with Crippen LogP contribution >= 0.6 is 0 Å². The molecule has 2 amide bonds. The summed E-state index contributed by atoms with van der Waals surface area (Å²) in [5.74, 6) is -0.0709. The van der Waals surface area contributed by atoms with Gasteiger partial charge in [0, 0.05) is 13.1 Å². The molecule has 114 valence electrons. The van der Waals surface area contributed by atoms with Crippen LogP contribution in [0, 0.1) is 0 Å². The molecule has 2 rings (SSSR count). The van der Waals surface area contributed by atoms with E-state index in [1.807, 2.05) is 44.2 Å². The smallest absolute Gasteiger partial charge is 0.408 e. The normalized spacial score (nSPS) is 20.8. The van der Waals surface area contributed by atoms with Crippen LogP contribution in [0.15, 0.2) is 30.3 Å². The second-order valence-corrected chi connectivity index (χ2v) is 5.18. The van der Waals surface area contributed by atoms with Gasteiger partial charge in [0.25, 0.3) is 0 Å². The first kappa shape index (κ1) is 15.4. The van der Waals surface area contributed by atoms with E-state index >= 15 is 0 Å². The molecule has 2 atom stereocenters. The average molecular weight is 290 g/mol. The van der Waals surface area contributed by atoms with E-state index in [1.54, 1.807) is 4.90 Å². The lowest BCUT2D eigenvalue weighted by molar-refractivity contribution is -0.134. The minimum atomic E-state index is -0.641. The molecule has 0 radical (unpaired) electrons. The van der Waals surface area contributed by atoms with Crippen molar-refractivity contribution in [2.75, 3.05) is 13.1 Å². The highest BCUT2D eigenvalue weighted by atomic mass is 16.6. The van der Waals surface area contributed by atoms with E-state index in [9.17, 15) is 9.59 Å². The molecule has 1 saturated heterocycles. The maximum absolute atomic E-state index is 12.7. The number of carbonyl (C=O) groups is 2. The second-order valence-electron chi connectivity index (χ2n) is 5.18. The van der Waals surface area contributed by atoms with Crippen molar-refractivity contribution in [1.82, 2.24) is 10.2 Å². The van der Waals surface area contributed by atoms with E-state index in [4.69, 9.17) is 4.74 Å². The first-order chi connectivity index (χ1) is 10.2. The van der Waals surface area contributed by atoms with Gasteiger partial charge in [-0.3, -0.25) is 4.79 Å². The molecule has 21 heavy (non-hydrogen) atoms. The minimum Gasteiger partial charge on any atom is -0.439 e. The Morgan fingerprint density at radius 2 is 1.81 bits per heavy atom. The largest absolute Gasteiger partial charge is 0.439 e. The summed E-state index contributed by atoms with van der Waals surface area (Å²) < 4.78 is 5.29. The molecule has 0 spiro atoms. The summed E-state index contributed by atoms with van der Waals surface area (Å²) in [5, 5.41) is 2.65. The number of hydrogen-bond donors (Lipinski definition) is 1. The van der Waals surface area contributed by atoms with E-state index in [2.05, 4.69) is 5.32 Å². The fourth-order valence-electron chi connectivity index (χ4n) is 2.58. The number of ether oxygens (including phenoxy) is 1. The lowest BCUT2D eigenvalue weighted by Crippen LogP contribution is -2.47. The first-order valence-corrected chi connectivity index (χ1v) is 7.48. The molecular weight excluding hydrogens is 268 g/mol. The number of benzene rings is 1. The van der Waals surface area contributed by atoms with E-state index in [0.717, 1.165) is 18.4 Å². The summed E-state index contributed by atoms with van der Waals surface area (Å²) >= 11 is 0. The van der Waals surface area contributed by atoms with Gasteiger partial charge in [-0.1, -0.05) is 44.2 Å². The van der Waals surface area contributed by atoms with Crippen LogP contribution in [-0.2, 0) is 9.53 Å². The Labute approximate surface area is 125 Å². The Bertz CT molecular complexity index is 484. The lowest BCUT2D eigenvalue weighted by Gasteiger charge is -2.26. The number of amides is 2. The van der Waals surface area contributed by atoms with Crippen molar-refractivity contribution >= 4 is 12.0 Å². The molecule has 0 aromatic heterocycles. The summed E-state index contributed by atoms with van der Waals surface area (Å²) in [5.41, 5.74) is 0.835. The lowest BCUT2D eigenvalue weighted by atomic mass is 10.0. The number of carbonyl (C=O) groups excluding carboxylic acids is 2. The summed E-state index contributed by atoms with van der Waals surface area (Å²) in [6.45, 7) is 5.46. The van der Waals surface area contributed by atoms with Crippen molar-refractivity contribution in [2.24, 2.45) is 0 Å². The molecule has 1 fully saturated rings. The topological polar surface area (TPSA) is 58.6 Å². The van der Waals surface area contributed by atoms with Crippen molar-refractivity contribution in [1.29, 1.82) is 0 Å². The van der Waals surface area contributed by atoms with Crippen LogP contribution in [0.3, 0.4) is 0 Å². The van der Waals surface area contributed by atoms with Crippen molar-refractivity contribution in [3.63, 3.8) is 0 Å². The van der Waals surface area contributed by atoms with Gasteiger partial charge < -0.3 is 15.0 Å². The van der Waals surface area contributed by atoms with Crippen LogP contribution in [0.25, 0.3) is 0 Å². The summed E-state index contributed by atoms with van der Waals surface area (Å²) in [6, 6.07) is 8.74. The first-order valence-electron chi connectivity index (χ1n) is 7.48. The molecule has 0 saturated carbocycles. The summed E-state index contributed by atoms with van der Waals surface area (Å²) in [6.07, 6.45) is 0.699. The molecule has 0 bridgehead atoms. The standard InChI is InChI=1S/C16H22N2O3/c1-3-10-18(11-4-2)15(19)13-14(21-16(20)17-13)12-8-6-5-7-9-12/h5-9,13-14H,3-4,10-11H2,1-2H3,(H,17,20). The summed E-state index contributed by atoms with van der Waals surface area (Å²) in [7, 11) is 0. The number of nitrogens with zero attached hydrogens (tertiary/aromatic N) is 1. The molecule has 1 heterocycles. The molecule has 5 heteroatoms. The van der Waals surface area contributed by atoms with Crippen LogP contribution in [0.1, 0.15) is 38.4 Å². The van der Waals surface area contributed by atoms with Crippen LogP contribution in [0.2, 0.25) is 0 Å². The van der Waals surface area contributed by atoms with E-state index in [0.29, 0.717) is 13.1 Å². The highest BCUT2D eigenvalue weighted by Crippen LogP contribution is 2.27. The number of cyclic esters (lactones) is 1. The predicted molar refractivity (Wildman–Crippen MR) is 79.7 cm³/mol. The van der Waals surface area contributed by atoms with Crippen LogP contribution < -0.4 is 5.32 Å². The Balaban J connectivity index is 2.19. The zero-order chi connectivity index (χ0) is 15.2. The quantitative estimate of drug-likeness (QED) is 0.875. The van der Waals surface area contributed by atoms with Crippen LogP contribution in [0.5, 0.6) is 0 Å². The van der Waals surface area contributed by atoms with Gasteiger partial charge in [-0.15, -0.1) is 0 Å². The van der Waals surface area contributed by atoms with Crippen molar-refractivity contribution in [3.8, 4) is 0 Å². The van der Waals surface area contributed by atoms with Gasteiger partial charge >= 0.3 is 6.09 Å². The van der Waals surface area contributed by atoms with Gasteiger partial charge in [0.15, 0.2) is 12.1 Å². The fraction of sp³-hybridized carbons (Fsp3) is 0.500. The van der Waals surface area contributed by atoms with Gasteiger partial charge in [0.05, 0.1) is 0 Å². The Morgan fingerprint density at radius 1 is 1.19 bits per heavy atom. The number of alkyl carbamates (subject to hydrolysis) is 1. The Morgan fingerprint density at radius 3 is 2.38 bits per heavy atom. The number of rotatable bonds is 6. The third-order valence-electron chi connectivity index (χ3n) is 3.50. The van der Waals surface area contributed by atoms with Crippen molar-refractivity contribution in [2.45, 2.75) is 38.8 Å². The molecule has 2 unspecified atom stereocenters. The molecule has 5 nitrogen and oxygen atoms in total. The average Bonchev–Trinajstić information content (AvgIpc) is 2.89. The summed E-state index contributed by atoms with van der Waals surface area (Å²) in [4.78, 5) is 26.1. The third kappa shape index (κ3) is 3.54. The molecule has 1 aliphatic rings. The van der Waals surface area contributed by atoms with Crippen LogP contribution in [0.4, 0.5) is 4.79 Å². The van der Waals surface area contributed by atoms with E-state index < -0.39 is 18.2 Å². The monoisotopic (exact) mass is 290 g/mol. The fourth-order valence-corrected chi connectivity index (χ4v) is 2.58.